The number of methoxy groups -OCH3 is 3. The molecule has 1 aromatic heterocycles. The molecule has 0 spiro atoms. The van der Waals surface area contributed by atoms with E-state index in [4.69, 9.17) is 28.1 Å². The first-order valence-electron chi connectivity index (χ1n) is 11.3. The lowest BCUT2D eigenvalue weighted by molar-refractivity contribution is -0.118. The second-order valence-electron chi connectivity index (χ2n) is 8.00. The topological polar surface area (TPSA) is 105 Å². The van der Waals surface area contributed by atoms with Gasteiger partial charge in [-0.05, 0) is 42.0 Å². The molecule has 9 nitrogen and oxygen atoms in total. The van der Waals surface area contributed by atoms with Gasteiger partial charge < -0.3 is 33.4 Å². The lowest BCUT2D eigenvalue weighted by Gasteiger charge is -2.13. The van der Waals surface area contributed by atoms with E-state index in [2.05, 4.69) is 5.32 Å². The number of fused-ring (bicyclic) bond motifs is 2. The molecule has 0 bridgehead atoms. The minimum absolute atomic E-state index is 0.132. The second-order valence-corrected chi connectivity index (χ2v) is 8.00. The van der Waals surface area contributed by atoms with E-state index in [0.29, 0.717) is 56.5 Å². The smallest absolute Gasteiger partial charge is 0.262 e. The summed E-state index contributed by atoms with van der Waals surface area (Å²) in [5.41, 5.74) is 2.08. The zero-order valence-corrected chi connectivity index (χ0v) is 20.3. The van der Waals surface area contributed by atoms with Crippen LogP contribution < -0.4 is 29.0 Å². The van der Waals surface area contributed by atoms with Crippen LogP contribution in [0.1, 0.15) is 15.9 Å². The SMILES string of the molecule is COc1ccccc1NC(=O)COc1ccc(/C=C2/Oc3cc4occc4c(OC)c3C2=O)cc1OC. The van der Waals surface area contributed by atoms with E-state index in [0.717, 1.165) is 0 Å². The molecule has 1 aliphatic rings. The van der Waals surface area contributed by atoms with Gasteiger partial charge in [-0.2, -0.15) is 0 Å². The highest BCUT2D eigenvalue weighted by Crippen LogP contribution is 2.43. The van der Waals surface area contributed by atoms with Crippen LogP contribution in [0.3, 0.4) is 0 Å². The highest BCUT2D eigenvalue weighted by atomic mass is 16.5. The summed E-state index contributed by atoms with van der Waals surface area (Å²) in [5.74, 6) is 1.53. The van der Waals surface area contributed by atoms with Crippen molar-refractivity contribution in [3.8, 4) is 28.7 Å². The molecule has 0 saturated heterocycles. The number of anilines is 1. The lowest BCUT2D eigenvalue weighted by Crippen LogP contribution is -2.20. The fourth-order valence-corrected chi connectivity index (χ4v) is 4.07. The Morgan fingerprint density at radius 1 is 0.946 bits per heavy atom. The van der Waals surface area contributed by atoms with E-state index in [-0.39, 0.29) is 24.1 Å². The zero-order valence-electron chi connectivity index (χ0n) is 20.3. The van der Waals surface area contributed by atoms with Crippen LogP contribution in [0.2, 0.25) is 0 Å². The predicted molar refractivity (Wildman–Crippen MR) is 136 cm³/mol. The van der Waals surface area contributed by atoms with Gasteiger partial charge in [-0.3, -0.25) is 9.59 Å². The van der Waals surface area contributed by atoms with Crippen LogP contribution in [0.15, 0.2) is 71.0 Å². The largest absolute Gasteiger partial charge is 0.495 e. The Balaban J connectivity index is 1.32. The van der Waals surface area contributed by atoms with E-state index in [9.17, 15) is 9.59 Å². The molecule has 9 heteroatoms. The number of ketones is 1. The Labute approximate surface area is 212 Å². The number of nitrogens with one attached hydrogen (secondary N) is 1. The maximum absolute atomic E-state index is 13.1. The number of carbonyl (C=O) groups excluding carboxylic acids is 2. The number of hydrogen-bond donors (Lipinski definition) is 1. The summed E-state index contributed by atoms with van der Waals surface area (Å²) in [6, 6.07) is 15.6. The first-order valence-corrected chi connectivity index (χ1v) is 11.3. The van der Waals surface area contributed by atoms with Gasteiger partial charge in [-0.25, -0.2) is 0 Å². The van der Waals surface area contributed by atoms with Gasteiger partial charge in [0.05, 0.1) is 38.7 Å². The van der Waals surface area contributed by atoms with Crippen LogP contribution >= 0.6 is 0 Å². The maximum Gasteiger partial charge on any atom is 0.262 e. The molecule has 2 heterocycles. The Morgan fingerprint density at radius 3 is 2.54 bits per heavy atom. The van der Waals surface area contributed by atoms with Crippen molar-refractivity contribution >= 4 is 34.4 Å². The summed E-state index contributed by atoms with van der Waals surface area (Å²) in [6.45, 7) is -0.243. The van der Waals surface area contributed by atoms with Crippen LogP contribution in [0.25, 0.3) is 17.0 Å². The van der Waals surface area contributed by atoms with Crippen LogP contribution in [0.5, 0.6) is 28.7 Å². The van der Waals surface area contributed by atoms with Crippen LogP contribution in [0, 0.1) is 0 Å². The number of ether oxygens (including phenoxy) is 5. The van der Waals surface area contributed by atoms with E-state index in [1.807, 2.05) is 6.07 Å². The molecule has 188 valence electrons. The quantitative estimate of drug-likeness (QED) is 0.333. The number of Topliss-reactive ketones (excluding diaryl/α,β-unsaturated/α-hetero) is 1. The first-order chi connectivity index (χ1) is 18.0. The number of rotatable bonds is 8. The van der Waals surface area contributed by atoms with E-state index in [1.54, 1.807) is 54.6 Å². The molecule has 1 N–H and O–H groups in total. The summed E-state index contributed by atoms with van der Waals surface area (Å²) in [4.78, 5) is 25.5. The lowest BCUT2D eigenvalue weighted by atomic mass is 10.1. The van der Waals surface area contributed by atoms with Crippen molar-refractivity contribution < 1.29 is 37.7 Å². The number of amides is 1. The fourth-order valence-electron chi connectivity index (χ4n) is 4.07. The summed E-state index contributed by atoms with van der Waals surface area (Å²) in [5, 5.41) is 3.44. The van der Waals surface area contributed by atoms with Crippen molar-refractivity contribution in [2.24, 2.45) is 0 Å². The molecule has 37 heavy (non-hydrogen) atoms. The summed E-state index contributed by atoms with van der Waals surface area (Å²) in [7, 11) is 4.51. The van der Waals surface area contributed by atoms with Crippen molar-refractivity contribution in [1.29, 1.82) is 0 Å². The molecular weight excluding hydrogens is 478 g/mol. The third kappa shape index (κ3) is 4.54. The number of benzene rings is 3. The van der Waals surface area contributed by atoms with Crippen molar-refractivity contribution in [2.45, 2.75) is 0 Å². The Hall–Kier alpha value is -4.92. The minimum Gasteiger partial charge on any atom is -0.495 e. The average molecular weight is 501 g/mol. The number of hydrogen-bond acceptors (Lipinski definition) is 8. The maximum atomic E-state index is 13.1. The molecule has 0 unspecified atom stereocenters. The molecule has 1 amide bonds. The predicted octanol–water partition coefficient (Wildman–Crippen LogP) is 5.09. The first kappa shape index (κ1) is 23.8. The minimum atomic E-state index is -0.361. The molecule has 0 radical (unpaired) electrons. The van der Waals surface area contributed by atoms with Crippen LogP contribution in [0.4, 0.5) is 5.69 Å². The van der Waals surface area contributed by atoms with E-state index in [1.165, 1.54) is 27.6 Å². The monoisotopic (exact) mass is 501 g/mol. The number of furan rings is 1. The van der Waals surface area contributed by atoms with Gasteiger partial charge in [0.15, 0.2) is 23.9 Å². The van der Waals surface area contributed by atoms with Gasteiger partial charge in [-0.15, -0.1) is 0 Å². The van der Waals surface area contributed by atoms with Crippen molar-refractivity contribution in [3.63, 3.8) is 0 Å². The summed E-state index contributed by atoms with van der Waals surface area (Å²) < 4.78 is 33.1. The highest BCUT2D eigenvalue weighted by molar-refractivity contribution is 6.18. The Bertz CT molecular complexity index is 1530. The number of para-hydroxylation sites is 2. The average Bonchev–Trinajstić information content (AvgIpc) is 3.51. The molecule has 0 saturated carbocycles. The van der Waals surface area contributed by atoms with Crippen molar-refractivity contribution in [1.82, 2.24) is 0 Å². The van der Waals surface area contributed by atoms with Gasteiger partial charge in [0.1, 0.15) is 28.4 Å². The van der Waals surface area contributed by atoms with E-state index >= 15 is 0 Å². The Kier molecular flexibility index (Phi) is 6.42. The number of carbonyl (C=O) groups is 2. The summed E-state index contributed by atoms with van der Waals surface area (Å²) >= 11 is 0. The van der Waals surface area contributed by atoms with Gasteiger partial charge in [0.2, 0.25) is 5.78 Å². The summed E-state index contributed by atoms with van der Waals surface area (Å²) in [6.07, 6.45) is 3.13. The molecule has 0 atom stereocenters. The molecule has 3 aromatic carbocycles. The number of allylic oxidation sites excluding steroid dienone is 1. The Morgan fingerprint density at radius 2 is 1.76 bits per heavy atom. The standard InChI is InChI=1S/C28H23NO8/c1-32-19-7-5-4-6-18(19)29-25(30)15-36-20-9-8-16(12-22(20)33-2)13-24-27(31)26-23(37-24)14-21-17(10-11-35-21)28(26)34-3/h4-14H,15H2,1-3H3,(H,29,30)/b24-13+. The van der Waals surface area contributed by atoms with Crippen molar-refractivity contribution in [3.05, 3.63) is 77.7 Å². The molecule has 0 fully saturated rings. The molecule has 5 rings (SSSR count). The highest BCUT2D eigenvalue weighted by Gasteiger charge is 2.33. The van der Waals surface area contributed by atoms with Gasteiger partial charge in [0.25, 0.3) is 5.91 Å². The van der Waals surface area contributed by atoms with Gasteiger partial charge in [0, 0.05) is 6.07 Å². The molecule has 1 aliphatic heterocycles. The second kappa shape index (κ2) is 9.98. The van der Waals surface area contributed by atoms with Gasteiger partial charge >= 0.3 is 0 Å². The normalized spacial score (nSPS) is 13.3. The van der Waals surface area contributed by atoms with E-state index < -0.39 is 0 Å². The van der Waals surface area contributed by atoms with Crippen molar-refractivity contribution in [2.75, 3.05) is 33.3 Å². The fraction of sp³-hybridized carbons (Fsp3) is 0.143. The molecule has 0 aliphatic carbocycles. The third-order valence-electron chi connectivity index (χ3n) is 5.78. The van der Waals surface area contributed by atoms with Crippen LogP contribution in [-0.4, -0.2) is 39.6 Å². The zero-order chi connectivity index (χ0) is 25.9. The molecular formula is C28H23NO8. The van der Waals surface area contributed by atoms with Gasteiger partial charge in [-0.1, -0.05) is 18.2 Å². The molecule has 4 aromatic rings. The third-order valence-corrected chi connectivity index (χ3v) is 5.78. The van der Waals surface area contributed by atoms with Crippen LogP contribution in [-0.2, 0) is 4.79 Å².